The van der Waals surface area contributed by atoms with E-state index < -0.39 is 0 Å². The van der Waals surface area contributed by atoms with Crippen molar-refractivity contribution < 1.29 is 4.85 Å². The number of pyridine rings is 2. The van der Waals surface area contributed by atoms with Crippen molar-refractivity contribution in [1.29, 1.82) is 0 Å². The fraction of sp³-hybridized carbons (Fsp3) is 0. The zero-order chi connectivity index (χ0) is 11.0. The third-order valence-corrected chi connectivity index (χ3v) is 2.34. The van der Waals surface area contributed by atoms with Crippen LogP contribution in [0.4, 0.5) is 0 Å². The van der Waals surface area contributed by atoms with Crippen LogP contribution in [-0.4, -0.2) is 14.5 Å². The predicted molar refractivity (Wildman–Crippen MR) is 57.4 cm³/mol. The molecule has 5 nitrogen and oxygen atoms in total. The second-order valence-corrected chi connectivity index (χ2v) is 3.35. The van der Waals surface area contributed by atoms with Crippen LogP contribution in [0.5, 0.6) is 0 Å². The van der Waals surface area contributed by atoms with E-state index in [0.717, 1.165) is 4.85 Å². The van der Waals surface area contributed by atoms with Crippen molar-refractivity contribution in [2.75, 3.05) is 0 Å². The maximum Gasteiger partial charge on any atom is 0.357 e. The summed E-state index contributed by atoms with van der Waals surface area (Å²) in [4.78, 5) is 8.98. The summed E-state index contributed by atoms with van der Waals surface area (Å²) < 4.78 is 1.45. The first-order chi connectivity index (χ1) is 7.86. The van der Waals surface area contributed by atoms with Crippen molar-refractivity contribution in [1.82, 2.24) is 14.5 Å². The summed E-state index contributed by atoms with van der Waals surface area (Å²) in [6.45, 7) is 0. The van der Waals surface area contributed by atoms with E-state index in [1.54, 1.807) is 36.8 Å². The van der Waals surface area contributed by atoms with Crippen LogP contribution in [0.3, 0.4) is 0 Å². The Morgan fingerprint density at radius 2 is 2.12 bits per heavy atom. The van der Waals surface area contributed by atoms with Crippen molar-refractivity contribution in [2.24, 2.45) is 0 Å². The Balaban J connectivity index is 2.29. The quantitative estimate of drug-likeness (QED) is 0.447. The Hall–Kier alpha value is -2.43. The summed E-state index contributed by atoms with van der Waals surface area (Å²) in [5.74, 6) is 0.360. The zero-order valence-electron chi connectivity index (χ0n) is 8.32. The number of hydrogen-bond acceptors (Lipinski definition) is 3. The van der Waals surface area contributed by atoms with Gasteiger partial charge in [-0.15, -0.1) is 9.36 Å². The van der Waals surface area contributed by atoms with E-state index in [9.17, 15) is 5.21 Å². The molecule has 0 bridgehead atoms. The summed E-state index contributed by atoms with van der Waals surface area (Å²) in [6, 6.07) is 9.00. The molecule has 0 saturated carbocycles. The van der Waals surface area contributed by atoms with Crippen molar-refractivity contribution in [3.05, 3.63) is 54.1 Å². The Kier molecular flexibility index (Phi) is 1.83. The summed E-state index contributed by atoms with van der Waals surface area (Å²) >= 11 is 0. The third-order valence-electron chi connectivity index (χ3n) is 2.34. The van der Waals surface area contributed by atoms with E-state index >= 15 is 0 Å². The van der Waals surface area contributed by atoms with E-state index in [1.165, 1.54) is 4.52 Å². The molecule has 0 aliphatic carbocycles. The molecule has 0 radical (unpaired) electrons. The molecule has 0 N–H and O–H groups in total. The maximum absolute atomic E-state index is 11.9. The standard InChI is InChI=1S/C11H8N4O/c16-15-11(9-4-3-6-12-8-9)13-10-5-1-2-7-14(10)15/h1-8H. The summed E-state index contributed by atoms with van der Waals surface area (Å²) in [7, 11) is 0. The van der Waals surface area contributed by atoms with Crippen LogP contribution in [-0.2, 0) is 0 Å². The molecule has 0 fully saturated rings. The van der Waals surface area contributed by atoms with Gasteiger partial charge in [-0.1, -0.05) is 6.07 Å². The van der Waals surface area contributed by atoms with Gasteiger partial charge in [0.25, 0.3) is 5.65 Å². The van der Waals surface area contributed by atoms with Gasteiger partial charge in [0.1, 0.15) is 0 Å². The highest BCUT2D eigenvalue weighted by Gasteiger charge is 2.17. The average molecular weight is 212 g/mol. The first-order valence-electron chi connectivity index (χ1n) is 4.83. The molecule has 3 rings (SSSR count). The third kappa shape index (κ3) is 1.22. The molecule has 0 atom stereocenters. The molecular weight excluding hydrogens is 204 g/mol. The average Bonchev–Trinajstić information content (AvgIpc) is 2.69. The molecule has 5 heteroatoms. The molecule has 16 heavy (non-hydrogen) atoms. The second kappa shape index (κ2) is 3.30. The normalized spacial score (nSPS) is 10.8. The Bertz CT molecular complexity index is 633. The zero-order valence-corrected chi connectivity index (χ0v) is 8.32. The molecule has 3 aromatic rings. The first-order valence-corrected chi connectivity index (χ1v) is 4.83. The minimum atomic E-state index is 0.360. The van der Waals surface area contributed by atoms with Gasteiger partial charge in [0, 0.05) is 18.5 Å². The monoisotopic (exact) mass is 212 g/mol. The number of hydrogen-bond donors (Lipinski definition) is 0. The van der Waals surface area contributed by atoms with E-state index in [1.807, 2.05) is 12.1 Å². The molecule has 3 aromatic heterocycles. The van der Waals surface area contributed by atoms with E-state index in [-0.39, 0.29) is 0 Å². The van der Waals surface area contributed by atoms with Crippen molar-refractivity contribution in [2.45, 2.75) is 0 Å². The largest absolute Gasteiger partial charge is 0.692 e. The number of aromatic nitrogens is 4. The Morgan fingerprint density at radius 3 is 2.88 bits per heavy atom. The van der Waals surface area contributed by atoms with E-state index in [0.29, 0.717) is 17.0 Å². The molecule has 0 aromatic carbocycles. The first kappa shape index (κ1) is 8.84. The highest BCUT2D eigenvalue weighted by Crippen LogP contribution is 2.12. The fourth-order valence-electron chi connectivity index (χ4n) is 1.59. The lowest BCUT2D eigenvalue weighted by Crippen LogP contribution is -2.34. The predicted octanol–water partition coefficient (Wildman–Crippen LogP) is 1.03. The van der Waals surface area contributed by atoms with Crippen LogP contribution in [0, 0.1) is 5.21 Å². The van der Waals surface area contributed by atoms with Crippen LogP contribution >= 0.6 is 0 Å². The molecule has 78 valence electrons. The molecule has 0 amide bonds. The van der Waals surface area contributed by atoms with Gasteiger partial charge in [0.15, 0.2) is 0 Å². The van der Waals surface area contributed by atoms with Crippen molar-refractivity contribution >= 4 is 5.65 Å². The summed E-state index contributed by atoms with van der Waals surface area (Å²) in [5, 5.41) is 11.9. The van der Waals surface area contributed by atoms with Gasteiger partial charge in [0.2, 0.25) is 0 Å². The van der Waals surface area contributed by atoms with Gasteiger partial charge in [0.05, 0.1) is 11.8 Å². The molecule has 0 aliphatic rings. The molecule has 0 spiro atoms. The lowest BCUT2D eigenvalue weighted by atomic mass is 10.3. The van der Waals surface area contributed by atoms with Gasteiger partial charge in [-0.3, -0.25) is 4.98 Å². The molecule has 0 aliphatic heterocycles. The summed E-state index contributed by atoms with van der Waals surface area (Å²) in [6.07, 6.45) is 4.96. The van der Waals surface area contributed by atoms with Crippen LogP contribution < -0.4 is 4.85 Å². The maximum atomic E-state index is 11.9. The van der Waals surface area contributed by atoms with Crippen LogP contribution in [0.1, 0.15) is 0 Å². The minimum Gasteiger partial charge on any atom is -0.692 e. The van der Waals surface area contributed by atoms with Crippen LogP contribution in [0.25, 0.3) is 17.0 Å². The smallest absolute Gasteiger partial charge is 0.357 e. The molecule has 0 unspecified atom stereocenters. The SMILES string of the molecule is [O-][n+]1c(-c2cccnc2)nc2ccccn21. The second-order valence-electron chi connectivity index (χ2n) is 3.35. The Labute approximate surface area is 91.2 Å². The highest BCUT2D eigenvalue weighted by molar-refractivity contribution is 5.53. The highest BCUT2D eigenvalue weighted by atomic mass is 16.5. The van der Waals surface area contributed by atoms with E-state index in [2.05, 4.69) is 9.97 Å². The van der Waals surface area contributed by atoms with Gasteiger partial charge < -0.3 is 5.21 Å². The van der Waals surface area contributed by atoms with Gasteiger partial charge in [-0.2, -0.15) is 0 Å². The van der Waals surface area contributed by atoms with Crippen molar-refractivity contribution in [3.8, 4) is 11.4 Å². The van der Waals surface area contributed by atoms with E-state index in [4.69, 9.17) is 0 Å². The van der Waals surface area contributed by atoms with Gasteiger partial charge in [-0.05, 0) is 23.2 Å². The molecule has 3 heterocycles. The molecule has 0 saturated heterocycles. The number of nitrogens with zero attached hydrogens (tertiary/aromatic N) is 4. The fourth-order valence-corrected chi connectivity index (χ4v) is 1.59. The van der Waals surface area contributed by atoms with Gasteiger partial charge >= 0.3 is 5.82 Å². The Morgan fingerprint density at radius 1 is 1.19 bits per heavy atom. The van der Waals surface area contributed by atoms with Gasteiger partial charge in [-0.25, -0.2) is 0 Å². The van der Waals surface area contributed by atoms with Crippen LogP contribution in [0.2, 0.25) is 0 Å². The molecular formula is C11H8N4O. The summed E-state index contributed by atoms with van der Waals surface area (Å²) in [5.41, 5.74) is 1.33. The number of fused-ring (bicyclic) bond motifs is 1. The lowest BCUT2D eigenvalue weighted by molar-refractivity contribution is -0.667. The lowest BCUT2D eigenvalue weighted by Gasteiger charge is -2.00. The minimum absolute atomic E-state index is 0.360. The van der Waals surface area contributed by atoms with Crippen LogP contribution in [0.15, 0.2) is 48.9 Å². The topological polar surface area (TPSA) is 57.1 Å². The van der Waals surface area contributed by atoms with Crippen molar-refractivity contribution in [3.63, 3.8) is 0 Å². The number of rotatable bonds is 1.